The van der Waals surface area contributed by atoms with E-state index in [1.165, 1.54) is 0 Å². The number of carbonyl (C=O) groups excluding carboxylic acids is 2. The summed E-state index contributed by atoms with van der Waals surface area (Å²) >= 11 is 3.50. The lowest BCUT2D eigenvalue weighted by Gasteiger charge is -2.20. The van der Waals surface area contributed by atoms with Gasteiger partial charge in [0.25, 0.3) is 0 Å². The van der Waals surface area contributed by atoms with Gasteiger partial charge in [-0.2, -0.15) is 0 Å². The van der Waals surface area contributed by atoms with E-state index < -0.39 is 0 Å². The van der Waals surface area contributed by atoms with Gasteiger partial charge in [-0.1, -0.05) is 41.1 Å². The number of benzene rings is 2. The summed E-state index contributed by atoms with van der Waals surface area (Å²) < 4.78 is 1.02. The molecule has 1 N–H and O–H groups in total. The molecule has 4 nitrogen and oxygen atoms in total. The molecule has 0 saturated carbocycles. The summed E-state index contributed by atoms with van der Waals surface area (Å²) in [5, 5.41) is 3.00. The van der Waals surface area contributed by atoms with Gasteiger partial charge < -0.3 is 10.2 Å². The first-order chi connectivity index (χ1) is 12.4. The normalized spacial score (nSPS) is 16.8. The zero-order valence-electron chi connectivity index (χ0n) is 15.3. The topological polar surface area (TPSA) is 49.4 Å². The average Bonchev–Trinajstić information content (AvgIpc) is 3.03. The lowest BCUT2D eigenvalue weighted by molar-refractivity contribution is -0.122. The van der Waals surface area contributed by atoms with Crippen LogP contribution in [0.1, 0.15) is 30.0 Å². The van der Waals surface area contributed by atoms with Crippen molar-refractivity contribution in [1.82, 2.24) is 0 Å². The van der Waals surface area contributed by atoms with Crippen LogP contribution in [0, 0.1) is 19.8 Å². The third-order valence-electron chi connectivity index (χ3n) is 5.14. The van der Waals surface area contributed by atoms with Crippen LogP contribution in [0.4, 0.5) is 11.4 Å². The number of nitrogens with one attached hydrogen (secondary N) is 1. The number of carbonyl (C=O) groups is 2. The fourth-order valence-corrected chi connectivity index (χ4v) is 3.78. The zero-order valence-corrected chi connectivity index (χ0v) is 16.9. The molecule has 1 atom stereocenters. The van der Waals surface area contributed by atoms with Crippen molar-refractivity contribution in [1.29, 1.82) is 0 Å². The Morgan fingerprint density at radius 1 is 1.19 bits per heavy atom. The lowest BCUT2D eigenvalue weighted by atomic mass is 10.1. The number of anilines is 2. The molecule has 0 bridgehead atoms. The molecule has 0 spiro atoms. The van der Waals surface area contributed by atoms with Crippen molar-refractivity contribution in [2.45, 2.75) is 33.6 Å². The molecule has 2 amide bonds. The Hall–Kier alpha value is -2.14. The van der Waals surface area contributed by atoms with Crippen LogP contribution in [-0.2, 0) is 16.0 Å². The van der Waals surface area contributed by atoms with Crippen molar-refractivity contribution in [3.63, 3.8) is 0 Å². The molecule has 136 valence electrons. The van der Waals surface area contributed by atoms with Gasteiger partial charge >= 0.3 is 0 Å². The lowest BCUT2D eigenvalue weighted by Crippen LogP contribution is -2.29. The highest BCUT2D eigenvalue weighted by Crippen LogP contribution is 2.30. The van der Waals surface area contributed by atoms with E-state index in [0.717, 1.165) is 39.0 Å². The Morgan fingerprint density at radius 2 is 1.92 bits per heavy atom. The van der Waals surface area contributed by atoms with E-state index in [1.807, 2.05) is 50.2 Å². The molecule has 1 aliphatic heterocycles. The Morgan fingerprint density at radius 3 is 2.65 bits per heavy atom. The first-order valence-corrected chi connectivity index (χ1v) is 9.66. The minimum atomic E-state index is -0.337. The summed E-state index contributed by atoms with van der Waals surface area (Å²) in [7, 11) is 0. The number of aryl methyl sites for hydroxylation is 1. The second-order valence-electron chi connectivity index (χ2n) is 6.72. The van der Waals surface area contributed by atoms with Crippen molar-refractivity contribution in [3.8, 4) is 0 Å². The molecule has 0 aromatic heterocycles. The average molecular weight is 415 g/mol. The number of amides is 2. The van der Waals surface area contributed by atoms with E-state index >= 15 is 0 Å². The Kier molecular flexibility index (Phi) is 5.47. The number of halogens is 1. The zero-order chi connectivity index (χ0) is 18.8. The summed E-state index contributed by atoms with van der Waals surface area (Å²) in [6, 6.07) is 11.7. The smallest absolute Gasteiger partial charge is 0.229 e. The molecule has 1 fully saturated rings. The van der Waals surface area contributed by atoms with E-state index in [1.54, 1.807) is 4.90 Å². The van der Waals surface area contributed by atoms with Gasteiger partial charge in [-0.3, -0.25) is 9.59 Å². The number of nitrogens with zero attached hydrogens (tertiary/aromatic N) is 1. The Bertz CT molecular complexity index is 863. The minimum Gasteiger partial charge on any atom is -0.326 e. The minimum absolute atomic E-state index is 0.00904. The van der Waals surface area contributed by atoms with Gasteiger partial charge in [0.15, 0.2) is 0 Å². The predicted molar refractivity (Wildman–Crippen MR) is 109 cm³/mol. The van der Waals surface area contributed by atoms with Crippen LogP contribution in [0.25, 0.3) is 0 Å². The fourth-order valence-electron chi connectivity index (χ4n) is 3.35. The van der Waals surface area contributed by atoms with E-state index in [9.17, 15) is 9.59 Å². The van der Waals surface area contributed by atoms with Crippen molar-refractivity contribution >= 4 is 39.1 Å². The molecule has 1 aliphatic rings. The molecule has 3 rings (SSSR count). The van der Waals surface area contributed by atoms with Gasteiger partial charge in [0, 0.05) is 28.8 Å². The molecular weight excluding hydrogens is 392 g/mol. The predicted octanol–water partition coefficient (Wildman–Crippen LogP) is 4.62. The molecule has 5 heteroatoms. The number of para-hydroxylation sites is 1. The monoisotopic (exact) mass is 414 g/mol. The van der Waals surface area contributed by atoms with E-state index in [0.29, 0.717) is 6.54 Å². The maximum atomic E-state index is 12.7. The number of rotatable bonds is 4. The Balaban J connectivity index is 1.76. The van der Waals surface area contributed by atoms with E-state index in [4.69, 9.17) is 0 Å². The first-order valence-electron chi connectivity index (χ1n) is 8.87. The summed E-state index contributed by atoms with van der Waals surface area (Å²) in [5.74, 6) is -0.426. The van der Waals surface area contributed by atoms with E-state index in [-0.39, 0.29) is 24.2 Å². The van der Waals surface area contributed by atoms with Crippen LogP contribution < -0.4 is 10.2 Å². The molecule has 2 aromatic carbocycles. The number of hydrogen-bond donors (Lipinski definition) is 1. The van der Waals surface area contributed by atoms with Gasteiger partial charge in [0.2, 0.25) is 11.8 Å². The van der Waals surface area contributed by atoms with Gasteiger partial charge in [-0.25, -0.2) is 0 Å². The molecule has 0 unspecified atom stereocenters. The third-order valence-corrected chi connectivity index (χ3v) is 6.00. The molecule has 26 heavy (non-hydrogen) atoms. The highest BCUT2D eigenvalue weighted by Gasteiger charge is 2.35. The largest absolute Gasteiger partial charge is 0.326 e. The van der Waals surface area contributed by atoms with Crippen LogP contribution in [0.5, 0.6) is 0 Å². The molecule has 0 radical (unpaired) electrons. The molecular formula is C21H23BrN2O2. The summed E-state index contributed by atoms with van der Waals surface area (Å²) in [6.45, 7) is 6.50. The maximum absolute atomic E-state index is 12.7. The van der Waals surface area contributed by atoms with Gasteiger partial charge in [-0.15, -0.1) is 0 Å². The highest BCUT2D eigenvalue weighted by molar-refractivity contribution is 9.10. The van der Waals surface area contributed by atoms with Crippen LogP contribution >= 0.6 is 15.9 Å². The quantitative estimate of drug-likeness (QED) is 0.792. The van der Waals surface area contributed by atoms with Crippen molar-refractivity contribution in [3.05, 3.63) is 57.6 Å². The summed E-state index contributed by atoms with van der Waals surface area (Å²) in [4.78, 5) is 27.0. The highest BCUT2D eigenvalue weighted by atomic mass is 79.9. The molecule has 0 aliphatic carbocycles. The molecule has 1 saturated heterocycles. The Labute approximate surface area is 162 Å². The number of hydrogen-bond acceptors (Lipinski definition) is 2. The van der Waals surface area contributed by atoms with Crippen LogP contribution in [0.2, 0.25) is 0 Å². The van der Waals surface area contributed by atoms with Gasteiger partial charge in [0.1, 0.15) is 0 Å². The van der Waals surface area contributed by atoms with Crippen LogP contribution in [0.15, 0.2) is 40.9 Å². The fraction of sp³-hybridized carbons (Fsp3) is 0.333. The second-order valence-corrected chi connectivity index (χ2v) is 7.58. The maximum Gasteiger partial charge on any atom is 0.229 e. The van der Waals surface area contributed by atoms with E-state index in [2.05, 4.69) is 28.2 Å². The van der Waals surface area contributed by atoms with Crippen molar-refractivity contribution < 1.29 is 9.59 Å². The second kappa shape index (κ2) is 7.62. The summed E-state index contributed by atoms with van der Waals surface area (Å²) in [5.41, 5.74) is 4.98. The molecule has 1 heterocycles. The molecule has 2 aromatic rings. The van der Waals surface area contributed by atoms with Crippen molar-refractivity contribution in [2.24, 2.45) is 5.92 Å². The van der Waals surface area contributed by atoms with Gasteiger partial charge in [-0.05, 0) is 55.2 Å². The first kappa shape index (κ1) is 18.6. The van der Waals surface area contributed by atoms with Crippen LogP contribution in [0.3, 0.4) is 0 Å². The van der Waals surface area contributed by atoms with Gasteiger partial charge in [0.05, 0.1) is 5.92 Å². The third kappa shape index (κ3) is 3.54. The SMILES string of the molecule is CCc1ccccc1N1C[C@@H](C(=O)Nc2ccc(Br)c(C)c2C)CC1=O. The standard InChI is InChI=1S/C21H23BrN2O2/c1-4-15-7-5-6-8-19(15)24-12-16(11-20(24)25)21(26)23-18-10-9-17(22)13(2)14(18)3/h5-10,16H,4,11-12H2,1-3H3,(H,23,26)/t16-/m0/s1. The van der Waals surface area contributed by atoms with Crippen molar-refractivity contribution in [2.75, 3.05) is 16.8 Å². The van der Waals surface area contributed by atoms with Crippen LogP contribution in [-0.4, -0.2) is 18.4 Å². The summed E-state index contributed by atoms with van der Waals surface area (Å²) in [6.07, 6.45) is 1.10.